The van der Waals surface area contributed by atoms with E-state index in [2.05, 4.69) is 20.3 Å². The van der Waals surface area contributed by atoms with E-state index >= 15 is 0 Å². The van der Waals surface area contributed by atoms with Gasteiger partial charge in [-0.3, -0.25) is 4.79 Å². The first-order valence-corrected chi connectivity index (χ1v) is 8.21. The molecule has 4 aromatic rings. The van der Waals surface area contributed by atoms with E-state index in [-0.39, 0.29) is 23.1 Å². The van der Waals surface area contributed by atoms with Crippen molar-refractivity contribution in [3.63, 3.8) is 0 Å². The average Bonchev–Trinajstić information content (AvgIpc) is 3.21. The fourth-order valence-corrected chi connectivity index (χ4v) is 3.21. The minimum absolute atomic E-state index is 0.270. The second-order valence-electron chi connectivity index (χ2n) is 5.34. The third kappa shape index (κ3) is 3.07. The smallest absolute Gasteiger partial charge is 0.321 e. The Kier molecular flexibility index (Phi) is 3.66. The third-order valence-corrected chi connectivity index (χ3v) is 4.49. The highest BCUT2D eigenvalue weighted by Crippen LogP contribution is 2.24. The largest absolute Gasteiger partial charge is 0.323 e. The molecule has 4 rings (SSSR count). The van der Waals surface area contributed by atoms with Gasteiger partial charge in [-0.15, -0.1) is 11.3 Å². The van der Waals surface area contributed by atoms with Gasteiger partial charge in [0.05, 0.1) is 11.0 Å². The highest BCUT2D eigenvalue weighted by molar-refractivity contribution is 7.13. The number of nitrogens with zero attached hydrogens (tertiary/aromatic N) is 1. The van der Waals surface area contributed by atoms with E-state index < -0.39 is 0 Å². The summed E-state index contributed by atoms with van der Waals surface area (Å²) >= 11 is 1.31. The van der Waals surface area contributed by atoms with Crippen LogP contribution in [0.5, 0.6) is 0 Å². The van der Waals surface area contributed by atoms with Crippen LogP contribution in [0.4, 0.5) is 10.1 Å². The summed E-state index contributed by atoms with van der Waals surface area (Å²) in [5.41, 5.74) is 2.53. The number of hydrogen-bond acceptors (Lipinski definition) is 4. The van der Waals surface area contributed by atoms with Gasteiger partial charge >= 0.3 is 5.69 Å². The molecule has 124 valence electrons. The number of imidazole rings is 1. The zero-order chi connectivity index (χ0) is 17.4. The number of anilines is 1. The Morgan fingerprint density at radius 2 is 1.84 bits per heavy atom. The van der Waals surface area contributed by atoms with E-state index in [1.807, 2.05) is 0 Å². The topological polar surface area (TPSA) is 90.6 Å². The van der Waals surface area contributed by atoms with Crippen LogP contribution < -0.4 is 11.0 Å². The lowest BCUT2D eigenvalue weighted by molar-refractivity contribution is 0.102. The summed E-state index contributed by atoms with van der Waals surface area (Å²) in [6.45, 7) is 0. The molecule has 0 saturated heterocycles. The van der Waals surface area contributed by atoms with Gasteiger partial charge in [0.15, 0.2) is 0 Å². The Morgan fingerprint density at radius 3 is 2.64 bits per heavy atom. The van der Waals surface area contributed by atoms with Crippen LogP contribution in [-0.2, 0) is 0 Å². The molecule has 2 aromatic carbocycles. The van der Waals surface area contributed by atoms with Gasteiger partial charge < -0.3 is 15.3 Å². The first-order valence-electron chi connectivity index (χ1n) is 7.33. The van der Waals surface area contributed by atoms with Gasteiger partial charge in [-0.1, -0.05) is 0 Å². The van der Waals surface area contributed by atoms with Crippen molar-refractivity contribution in [3.05, 3.63) is 69.8 Å². The zero-order valence-corrected chi connectivity index (χ0v) is 13.5. The molecule has 2 heterocycles. The quantitative estimate of drug-likeness (QED) is 0.527. The highest BCUT2D eigenvalue weighted by Gasteiger charge is 2.13. The molecule has 0 aliphatic heterocycles. The molecule has 0 spiro atoms. The summed E-state index contributed by atoms with van der Waals surface area (Å²) in [5.74, 6) is -0.682. The standard InChI is InChI=1S/C17H11FN4O2S/c18-10-3-1-9(2-4-10)16-20-14(8-25-16)15(23)19-11-5-6-12-13(7-11)22-17(24)21-12/h1-8H,(H,19,23)(H2,21,22,24). The zero-order valence-electron chi connectivity index (χ0n) is 12.7. The van der Waals surface area contributed by atoms with Gasteiger partial charge in [0, 0.05) is 16.6 Å². The van der Waals surface area contributed by atoms with Crippen LogP contribution in [-0.4, -0.2) is 20.9 Å². The molecule has 0 saturated carbocycles. The maximum Gasteiger partial charge on any atom is 0.323 e. The SMILES string of the molecule is O=C(Nc1ccc2[nH]c(=O)[nH]c2c1)c1csc(-c2ccc(F)cc2)n1. The monoisotopic (exact) mass is 354 g/mol. The summed E-state index contributed by atoms with van der Waals surface area (Å²) in [6, 6.07) is 11.0. The highest BCUT2D eigenvalue weighted by atomic mass is 32.1. The normalized spacial score (nSPS) is 10.9. The molecule has 25 heavy (non-hydrogen) atoms. The Morgan fingerprint density at radius 1 is 1.08 bits per heavy atom. The van der Waals surface area contributed by atoms with E-state index in [9.17, 15) is 14.0 Å². The van der Waals surface area contributed by atoms with Crippen molar-refractivity contribution in [1.82, 2.24) is 15.0 Å². The molecule has 0 atom stereocenters. The van der Waals surface area contributed by atoms with Gasteiger partial charge in [0.25, 0.3) is 5.91 Å². The van der Waals surface area contributed by atoms with E-state index in [0.717, 1.165) is 5.56 Å². The number of fused-ring (bicyclic) bond motifs is 1. The number of carbonyl (C=O) groups excluding carboxylic acids is 1. The number of H-pyrrole nitrogens is 2. The molecule has 1 amide bonds. The van der Waals surface area contributed by atoms with Crippen molar-refractivity contribution in [3.8, 4) is 10.6 Å². The molecule has 8 heteroatoms. The number of amides is 1. The van der Waals surface area contributed by atoms with E-state index in [0.29, 0.717) is 21.7 Å². The Bertz CT molecular complexity index is 1130. The molecular formula is C17H11FN4O2S. The van der Waals surface area contributed by atoms with Crippen LogP contribution in [0.2, 0.25) is 0 Å². The second-order valence-corrected chi connectivity index (χ2v) is 6.20. The summed E-state index contributed by atoms with van der Waals surface area (Å²) in [5, 5.41) is 5.02. The van der Waals surface area contributed by atoms with Crippen LogP contribution in [0.15, 0.2) is 52.6 Å². The molecule has 2 aromatic heterocycles. The lowest BCUT2D eigenvalue weighted by Gasteiger charge is -2.03. The summed E-state index contributed by atoms with van der Waals surface area (Å²) in [6.07, 6.45) is 0. The minimum atomic E-state index is -0.359. The fourth-order valence-electron chi connectivity index (χ4n) is 2.41. The number of nitrogens with one attached hydrogen (secondary N) is 3. The minimum Gasteiger partial charge on any atom is -0.321 e. The van der Waals surface area contributed by atoms with Gasteiger partial charge in [-0.25, -0.2) is 14.2 Å². The molecular weight excluding hydrogens is 343 g/mol. The predicted octanol–water partition coefficient (Wildman–Crippen LogP) is 3.37. The molecule has 0 radical (unpaired) electrons. The predicted molar refractivity (Wildman–Crippen MR) is 94.4 cm³/mol. The van der Waals surface area contributed by atoms with Gasteiger partial charge in [0.2, 0.25) is 0 Å². The lowest BCUT2D eigenvalue weighted by atomic mass is 10.2. The number of rotatable bonds is 3. The van der Waals surface area contributed by atoms with Crippen LogP contribution in [0.1, 0.15) is 10.5 Å². The van der Waals surface area contributed by atoms with Crippen molar-refractivity contribution in [1.29, 1.82) is 0 Å². The number of benzene rings is 2. The van der Waals surface area contributed by atoms with E-state index in [4.69, 9.17) is 0 Å². The first-order chi connectivity index (χ1) is 12.1. The van der Waals surface area contributed by atoms with Crippen molar-refractivity contribution in [2.75, 3.05) is 5.32 Å². The summed E-state index contributed by atoms with van der Waals surface area (Å²) in [7, 11) is 0. The van der Waals surface area contributed by atoms with Crippen molar-refractivity contribution >= 4 is 34.0 Å². The lowest BCUT2D eigenvalue weighted by Crippen LogP contribution is -2.12. The van der Waals surface area contributed by atoms with Gasteiger partial charge in [-0.05, 0) is 42.5 Å². The first kappa shape index (κ1) is 15.3. The molecule has 3 N–H and O–H groups in total. The number of aromatic amines is 2. The molecule has 0 bridgehead atoms. The molecule has 0 aliphatic rings. The molecule has 0 unspecified atom stereocenters. The third-order valence-electron chi connectivity index (χ3n) is 3.60. The summed E-state index contributed by atoms with van der Waals surface area (Å²) in [4.78, 5) is 33.2. The Hall–Kier alpha value is -3.26. The maximum atomic E-state index is 13.0. The maximum absolute atomic E-state index is 13.0. The second kappa shape index (κ2) is 5.99. The fraction of sp³-hybridized carbons (Fsp3) is 0. The van der Waals surface area contributed by atoms with Gasteiger partial charge in [-0.2, -0.15) is 0 Å². The molecule has 0 fully saturated rings. The number of thiazole rings is 1. The van der Waals surface area contributed by atoms with Crippen LogP contribution in [0.3, 0.4) is 0 Å². The van der Waals surface area contributed by atoms with Crippen LogP contribution in [0.25, 0.3) is 21.6 Å². The number of halogens is 1. The van der Waals surface area contributed by atoms with Crippen LogP contribution >= 0.6 is 11.3 Å². The average molecular weight is 354 g/mol. The van der Waals surface area contributed by atoms with E-state index in [1.54, 1.807) is 35.7 Å². The molecule has 0 aliphatic carbocycles. The van der Waals surface area contributed by atoms with Crippen molar-refractivity contribution in [2.24, 2.45) is 0 Å². The Balaban J connectivity index is 1.56. The van der Waals surface area contributed by atoms with Crippen molar-refractivity contribution in [2.45, 2.75) is 0 Å². The number of aromatic nitrogens is 3. The Labute approximate surface area is 144 Å². The van der Waals surface area contributed by atoms with Crippen LogP contribution in [0, 0.1) is 5.82 Å². The van der Waals surface area contributed by atoms with E-state index in [1.165, 1.54) is 23.5 Å². The number of carbonyl (C=O) groups is 1. The van der Waals surface area contributed by atoms with Crippen molar-refractivity contribution < 1.29 is 9.18 Å². The molecule has 6 nitrogen and oxygen atoms in total. The number of hydrogen-bond donors (Lipinski definition) is 3. The van der Waals surface area contributed by atoms with Gasteiger partial charge in [0.1, 0.15) is 16.5 Å². The summed E-state index contributed by atoms with van der Waals surface area (Å²) < 4.78 is 13.0.